The van der Waals surface area contributed by atoms with Gasteiger partial charge in [-0.2, -0.15) is 0 Å². The van der Waals surface area contributed by atoms with Gasteiger partial charge in [0.15, 0.2) is 6.23 Å². The standard InChI is InChI=1S/C16H16ClFN2O2/c1-11(22-15-7-5-13(17)6-8-15)20-16(21)19-10-12-3-2-4-14(18)9-12/h2-9,11H,10H2,1H3,(H2,19,20,21). The molecule has 2 amide bonds. The first-order valence-corrected chi connectivity index (χ1v) is 7.12. The Labute approximate surface area is 133 Å². The van der Waals surface area contributed by atoms with Crippen LogP contribution in [-0.2, 0) is 6.54 Å². The predicted molar refractivity (Wildman–Crippen MR) is 83.3 cm³/mol. The normalized spacial score (nSPS) is 11.6. The molecule has 2 rings (SSSR count). The largest absolute Gasteiger partial charge is 0.471 e. The molecule has 0 bridgehead atoms. The molecule has 0 spiro atoms. The minimum atomic E-state index is -0.520. The number of nitrogens with one attached hydrogen (secondary N) is 2. The number of carbonyl (C=O) groups excluding carboxylic acids is 1. The lowest BCUT2D eigenvalue weighted by molar-refractivity contribution is 0.177. The molecule has 116 valence electrons. The summed E-state index contributed by atoms with van der Waals surface area (Å²) in [4.78, 5) is 11.7. The summed E-state index contributed by atoms with van der Waals surface area (Å²) in [5.74, 6) is 0.265. The highest BCUT2D eigenvalue weighted by Crippen LogP contribution is 2.16. The Morgan fingerprint density at radius 3 is 2.68 bits per heavy atom. The summed E-state index contributed by atoms with van der Waals surface area (Å²) in [5.41, 5.74) is 0.682. The van der Waals surface area contributed by atoms with Crippen molar-refractivity contribution in [1.29, 1.82) is 0 Å². The third-order valence-electron chi connectivity index (χ3n) is 2.80. The van der Waals surface area contributed by atoms with E-state index in [4.69, 9.17) is 16.3 Å². The number of halogens is 2. The van der Waals surface area contributed by atoms with Crippen LogP contribution >= 0.6 is 11.6 Å². The van der Waals surface area contributed by atoms with Crippen molar-refractivity contribution in [3.63, 3.8) is 0 Å². The van der Waals surface area contributed by atoms with Crippen molar-refractivity contribution in [2.24, 2.45) is 0 Å². The number of hydrogen-bond donors (Lipinski definition) is 2. The zero-order valence-electron chi connectivity index (χ0n) is 12.0. The second kappa shape index (κ2) is 7.66. The van der Waals surface area contributed by atoms with E-state index in [0.717, 1.165) is 0 Å². The van der Waals surface area contributed by atoms with Crippen LogP contribution in [0.5, 0.6) is 5.75 Å². The Morgan fingerprint density at radius 1 is 1.27 bits per heavy atom. The maximum atomic E-state index is 13.0. The van der Waals surface area contributed by atoms with Crippen molar-refractivity contribution in [2.75, 3.05) is 0 Å². The Kier molecular flexibility index (Phi) is 5.61. The molecule has 0 aromatic heterocycles. The molecular formula is C16H16ClFN2O2. The van der Waals surface area contributed by atoms with Gasteiger partial charge in [0.25, 0.3) is 0 Å². The molecule has 0 heterocycles. The topological polar surface area (TPSA) is 50.4 Å². The second-order valence-electron chi connectivity index (χ2n) is 4.67. The highest BCUT2D eigenvalue weighted by molar-refractivity contribution is 6.30. The molecule has 6 heteroatoms. The van der Waals surface area contributed by atoms with E-state index >= 15 is 0 Å². The number of urea groups is 1. The minimum absolute atomic E-state index is 0.233. The van der Waals surface area contributed by atoms with Crippen LogP contribution in [0.4, 0.5) is 9.18 Å². The van der Waals surface area contributed by atoms with Gasteiger partial charge in [0, 0.05) is 11.6 Å². The van der Waals surface area contributed by atoms with Gasteiger partial charge in [-0.25, -0.2) is 9.18 Å². The smallest absolute Gasteiger partial charge is 0.317 e. The monoisotopic (exact) mass is 322 g/mol. The Morgan fingerprint density at radius 2 is 2.00 bits per heavy atom. The Hall–Kier alpha value is -2.27. The van der Waals surface area contributed by atoms with Gasteiger partial charge in [0.1, 0.15) is 11.6 Å². The van der Waals surface area contributed by atoms with Gasteiger partial charge in [-0.15, -0.1) is 0 Å². The number of ether oxygens (including phenoxy) is 1. The highest BCUT2D eigenvalue weighted by Gasteiger charge is 2.08. The summed E-state index contributed by atoms with van der Waals surface area (Å²) < 4.78 is 18.5. The van der Waals surface area contributed by atoms with Crippen molar-refractivity contribution in [3.05, 3.63) is 64.9 Å². The van der Waals surface area contributed by atoms with Gasteiger partial charge < -0.3 is 15.4 Å². The summed E-state index contributed by atoms with van der Waals surface area (Å²) >= 11 is 5.78. The number of benzene rings is 2. The minimum Gasteiger partial charge on any atom is -0.471 e. The third kappa shape index (κ3) is 5.26. The first-order chi connectivity index (χ1) is 10.5. The zero-order valence-corrected chi connectivity index (χ0v) is 12.7. The molecular weight excluding hydrogens is 307 g/mol. The van der Waals surface area contributed by atoms with Crippen LogP contribution in [0.2, 0.25) is 5.02 Å². The summed E-state index contributed by atoms with van der Waals surface area (Å²) in [6.07, 6.45) is -0.520. The van der Waals surface area contributed by atoms with Crippen molar-refractivity contribution >= 4 is 17.6 Å². The van der Waals surface area contributed by atoms with Gasteiger partial charge >= 0.3 is 6.03 Å². The molecule has 2 aromatic carbocycles. The van der Waals surface area contributed by atoms with Crippen molar-refractivity contribution in [3.8, 4) is 5.75 Å². The molecule has 0 fully saturated rings. The lowest BCUT2D eigenvalue weighted by atomic mass is 10.2. The lowest BCUT2D eigenvalue weighted by Gasteiger charge is -2.16. The molecule has 4 nitrogen and oxygen atoms in total. The van der Waals surface area contributed by atoms with E-state index in [2.05, 4.69) is 10.6 Å². The average Bonchev–Trinajstić information content (AvgIpc) is 2.47. The summed E-state index contributed by atoms with van der Waals surface area (Å²) in [6, 6.07) is 12.5. The molecule has 2 N–H and O–H groups in total. The maximum Gasteiger partial charge on any atom is 0.317 e. The van der Waals surface area contributed by atoms with Gasteiger partial charge in [0.2, 0.25) is 0 Å². The summed E-state index contributed by atoms with van der Waals surface area (Å²) in [6.45, 7) is 1.94. The highest BCUT2D eigenvalue weighted by atomic mass is 35.5. The molecule has 0 saturated carbocycles. The number of hydrogen-bond acceptors (Lipinski definition) is 2. The van der Waals surface area contributed by atoms with Crippen LogP contribution < -0.4 is 15.4 Å². The molecule has 0 aliphatic heterocycles. The van der Waals surface area contributed by atoms with E-state index in [0.29, 0.717) is 16.3 Å². The van der Waals surface area contributed by atoms with Gasteiger partial charge in [0.05, 0.1) is 0 Å². The van der Waals surface area contributed by atoms with E-state index in [9.17, 15) is 9.18 Å². The van der Waals surface area contributed by atoms with Crippen molar-refractivity contribution in [1.82, 2.24) is 10.6 Å². The molecule has 0 radical (unpaired) electrons. The number of amides is 2. The summed E-state index contributed by atoms with van der Waals surface area (Å²) in [5, 5.41) is 5.87. The number of carbonyl (C=O) groups is 1. The first kappa shape index (κ1) is 16.1. The lowest BCUT2D eigenvalue weighted by Crippen LogP contribution is -2.43. The molecule has 0 aliphatic rings. The first-order valence-electron chi connectivity index (χ1n) is 6.74. The van der Waals surface area contributed by atoms with Crippen LogP contribution in [0, 0.1) is 5.82 Å². The van der Waals surface area contributed by atoms with Crippen LogP contribution in [0.15, 0.2) is 48.5 Å². The molecule has 1 unspecified atom stereocenters. The fourth-order valence-corrected chi connectivity index (χ4v) is 1.94. The van der Waals surface area contributed by atoms with Crippen LogP contribution in [0.3, 0.4) is 0 Å². The average molecular weight is 323 g/mol. The predicted octanol–water partition coefficient (Wildman–Crippen LogP) is 3.70. The SMILES string of the molecule is CC(NC(=O)NCc1cccc(F)c1)Oc1ccc(Cl)cc1. The number of rotatable bonds is 5. The van der Waals surface area contributed by atoms with Crippen LogP contribution in [0.1, 0.15) is 12.5 Å². The molecule has 0 aliphatic carbocycles. The van der Waals surface area contributed by atoms with Crippen LogP contribution in [-0.4, -0.2) is 12.3 Å². The van der Waals surface area contributed by atoms with E-state index in [-0.39, 0.29) is 12.4 Å². The van der Waals surface area contributed by atoms with E-state index in [1.807, 2.05) is 0 Å². The Bertz CT molecular complexity index is 634. The fraction of sp³-hybridized carbons (Fsp3) is 0.188. The maximum absolute atomic E-state index is 13.0. The van der Waals surface area contributed by atoms with Gasteiger partial charge in [-0.05, 0) is 48.9 Å². The zero-order chi connectivity index (χ0) is 15.9. The van der Waals surface area contributed by atoms with E-state index < -0.39 is 12.3 Å². The van der Waals surface area contributed by atoms with Gasteiger partial charge in [-0.3, -0.25) is 0 Å². The molecule has 0 saturated heterocycles. The second-order valence-corrected chi connectivity index (χ2v) is 5.11. The molecule has 1 atom stereocenters. The van der Waals surface area contributed by atoms with E-state index in [1.54, 1.807) is 43.3 Å². The van der Waals surface area contributed by atoms with Crippen molar-refractivity contribution < 1.29 is 13.9 Å². The van der Waals surface area contributed by atoms with Crippen molar-refractivity contribution in [2.45, 2.75) is 19.7 Å². The quantitative estimate of drug-likeness (QED) is 0.825. The molecule has 2 aromatic rings. The fourth-order valence-electron chi connectivity index (χ4n) is 1.81. The summed E-state index contributed by atoms with van der Waals surface area (Å²) in [7, 11) is 0. The van der Waals surface area contributed by atoms with Gasteiger partial charge in [-0.1, -0.05) is 23.7 Å². The molecule has 22 heavy (non-hydrogen) atoms. The Balaban J connectivity index is 1.77. The van der Waals surface area contributed by atoms with Crippen LogP contribution in [0.25, 0.3) is 0 Å². The third-order valence-corrected chi connectivity index (χ3v) is 3.05. The van der Waals surface area contributed by atoms with E-state index in [1.165, 1.54) is 12.1 Å².